The van der Waals surface area contributed by atoms with E-state index in [1.54, 1.807) is 6.20 Å². The zero-order valence-electron chi connectivity index (χ0n) is 25.1. The van der Waals surface area contributed by atoms with E-state index in [1.807, 2.05) is 54.0 Å². The molecule has 44 heavy (non-hydrogen) atoms. The molecule has 230 valence electrons. The number of carbonyl (C=O) groups excluding carboxylic acids is 2. The molecule has 1 aromatic carbocycles. The molecule has 10 nitrogen and oxygen atoms in total. The summed E-state index contributed by atoms with van der Waals surface area (Å²) in [6, 6.07) is 13.8. The molecule has 4 heterocycles. The summed E-state index contributed by atoms with van der Waals surface area (Å²) in [7, 11) is 2.14. The summed E-state index contributed by atoms with van der Waals surface area (Å²) in [5, 5.41) is 9.52. The maximum Gasteiger partial charge on any atom is 0.407 e. The van der Waals surface area contributed by atoms with Gasteiger partial charge in [0.05, 0.1) is 29.9 Å². The van der Waals surface area contributed by atoms with Crippen molar-refractivity contribution >= 4 is 40.1 Å². The highest BCUT2D eigenvalue weighted by molar-refractivity contribution is 7.09. The van der Waals surface area contributed by atoms with Gasteiger partial charge in [-0.2, -0.15) is 0 Å². The lowest BCUT2D eigenvalue weighted by atomic mass is 9.82. The van der Waals surface area contributed by atoms with Gasteiger partial charge in [-0.1, -0.05) is 18.2 Å². The van der Waals surface area contributed by atoms with Crippen LogP contribution in [0.5, 0.6) is 0 Å². The Balaban J connectivity index is 1.03. The predicted molar refractivity (Wildman–Crippen MR) is 173 cm³/mol. The van der Waals surface area contributed by atoms with Gasteiger partial charge in [0.1, 0.15) is 10.8 Å². The summed E-state index contributed by atoms with van der Waals surface area (Å²) in [5.74, 6) is 1.62. The molecule has 4 aromatic rings. The number of likely N-dealkylation sites (N-methyl/N-ethyl adjacent to an activating group) is 1. The lowest BCUT2D eigenvalue weighted by Crippen LogP contribution is -2.44. The number of hydrogen-bond donors (Lipinski definition) is 2. The van der Waals surface area contributed by atoms with Crippen molar-refractivity contribution in [2.45, 2.75) is 32.2 Å². The number of anilines is 1. The Kier molecular flexibility index (Phi) is 9.62. The number of amides is 2. The number of carbonyl (C=O) groups is 2. The van der Waals surface area contributed by atoms with Gasteiger partial charge < -0.3 is 25.2 Å². The van der Waals surface area contributed by atoms with Gasteiger partial charge in [0.2, 0.25) is 0 Å². The van der Waals surface area contributed by atoms with Gasteiger partial charge >= 0.3 is 6.09 Å². The highest BCUT2D eigenvalue weighted by atomic mass is 32.1. The van der Waals surface area contributed by atoms with Crippen LogP contribution in [0.2, 0.25) is 0 Å². The van der Waals surface area contributed by atoms with Crippen molar-refractivity contribution in [2.24, 2.45) is 11.8 Å². The van der Waals surface area contributed by atoms with Crippen LogP contribution in [0, 0.1) is 11.8 Å². The summed E-state index contributed by atoms with van der Waals surface area (Å²) in [4.78, 5) is 44.0. The van der Waals surface area contributed by atoms with Crippen molar-refractivity contribution in [1.29, 1.82) is 0 Å². The average Bonchev–Trinajstić information content (AvgIpc) is 3.60. The van der Waals surface area contributed by atoms with Gasteiger partial charge in [-0.15, -0.1) is 11.3 Å². The van der Waals surface area contributed by atoms with Gasteiger partial charge in [-0.25, -0.2) is 19.7 Å². The van der Waals surface area contributed by atoms with Crippen LogP contribution in [0.25, 0.3) is 22.2 Å². The number of alkyl carbamates (subject to hydrolysis) is 1. The lowest BCUT2D eigenvalue weighted by molar-refractivity contribution is 0.0924. The number of ether oxygens (including phenoxy) is 1. The zero-order chi connectivity index (χ0) is 30.3. The summed E-state index contributed by atoms with van der Waals surface area (Å²) < 4.78 is 5.44. The van der Waals surface area contributed by atoms with Crippen molar-refractivity contribution in [1.82, 2.24) is 30.5 Å². The summed E-state index contributed by atoms with van der Waals surface area (Å²) in [6.45, 7) is 5.39. The van der Waals surface area contributed by atoms with E-state index in [4.69, 9.17) is 14.7 Å². The Bertz CT molecular complexity index is 1550. The van der Waals surface area contributed by atoms with E-state index in [0.717, 1.165) is 84.8 Å². The first-order valence-electron chi connectivity index (χ1n) is 15.4. The van der Waals surface area contributed by atoms with Crippen molar-refractivity contribution in [3.63, 3.8) is 0 Å². The van der Waals surface area contributed by atoms with E-state index in [9.17, 15) is 9.59 Å². The number of fused-ring (bicyclic) bond motifs is 1. The molecule has 1 saturated carbocycles. The molecule has 11 heteroatoms. The molecule has 2 N–H and O–H groups in total. The number of pyridine rings is 2. The molecular formula is C33H39N7O3S. The zero-order valence-corrected chi connectivity index (χ0v) is 25.9. The maximum absolute atomic E-state index is 13.5. The molecule has 0 unspecified atom stereocenters. The summed E-state index contributed by atoms with van der Waals surface area (Å²) in [6.07, 6.45) is 7.10. The van der Waals surface area contributed by atoms with Crippen molar-refractivity contribution in [3.05, 3.63) is 70.8 Å². The number of nitrogens with one attached hydrogen (secondary N) is 2. The molecular weight excluding hydrogens is 574 g/mol. The molecule has 1 aliphatic carbocycles. The van der Waals surface area contributed by atoms with Gasteiger partial charge in [0, 0.05) is 61.4 Å². The Labute approximate surface area is 261 Å². The summed E-state index contributed by atoms with van der Waals surface area (Å²) >= 11 is 1.50. The van der Waals surface area contributed by atoms with E-state index in [0.29, 0.717) is 37.1 Å². The van der Waals surface area contributed by atoms with E-state index in [1.165, 1.54) is 11.3 Å². The third-order valence-electron chi connectivity index (χ3n) is 8.67. The molecule has 2 aliphatic rings. The minimum absolute atomic E-state index is 0.0887. The number of hydrogen-bond acceptors (Lipinski definition) is 9. The first-order valence-corrected chi connectivity index (χ1v) is 16.3. The smallest absolute Gasteiger partial charge is 0.407 e. The third kappa shape index (κ3) is 7.51. The molecule has 2 fully saturated rings. The second kappa shape index (κ2) is 14.1. The number of para-hydroxylation sites is 1. The first kappa shape index (κ1) is 30.0. The fraction of sp³-hybridized carbons (Fsp3) is 0.424. The van der Waals surface area contributed by atoms with Crippen LogP contribution in [-0.4, -0.2) is 78.2 Å². The SMILES string of the molecule is CN1CCN(c2ccc(-c3cc(C(=O)NCC4CCC(COC(=O)NCc5nccs5)CC4)c4ccccc4n3)cn2)CC1. The number of piperazine rings is 1. The second-order valence-corrected chi connectivity index (χ2v) is 12.7. The molecule has 3 aromatic heterocycles. The normalized spacial score (nSPS) is 19.1. The van der Waals surface area contributed by atoms with Crippen LogP contribution < -0.4 is 15.5 Å². The predicted octanol–water partition coefficient (Wildman–Crippen LogP) is 4.97. The highest BCUT2D eigenvalue weighted by Crippen LogP contribution is 2.29. The number of benzene rings is 1. The lowest BCUT2D eigenvalue weighted by Gasteiger charge is -2.33. The Morgan fingerprint density at radius 2 is 1.77 bits per heavy atom. The molecule has 1 aliphatic heterocycles. The molecule has 2 amide bonds. The van der Waals surface area contributed by atoms with Crippen LogP contribution in [0.3, 0.4) is 0 Å². The van der Waals surface area contributed by atoms with Crippen molar-refractivity contribution in [3.8, 4) is 11.3 Å². The Hall–Kier alpha value is -4.09. The number of aromatic nitrogens is 3. The second-order valence-electron chi connectivity index (χ2n) is 11.7. The first-order chi connectivity index (χ1) is 21.5. The van der Waals surface area contributed by atoms with Crippen LogP contribution in [0.1, 0.15) is 41.0 Å². The van der Waals surface area contributed by atoms with Crippen LogP contribution in [0.4, 0.5) is 10.6 Å². The molecule has 1 saturated heterocycles. The van der Waals surface area contributed by atoms with Gasteiger partial charge in [0.15, 0.2) is 0 Å². The molecule has 0 bridgehead atoms. The standard InChI is InChI=1S/C33H39N7O3S/c1-39-13-15-40(16-14-39)30-11-10-25(20-35-30)29-18-27(26-4-2-3-5-28(26)38-29)32(41)36-19-23-6-8-24(9-7-23)22-43-33(42)37-21-31-34-12-17-44-31/h2-5,10-12,17-18,20,23-24H,6-9,13-16,19,21-22H2,1H3,(H,36,41)(H,37,42). The minimum atomic E-state index is -0.403. The highest BCUT2D eigenvalue weighted by Gasteiger charge is 2.24. The van der Waals surface area contributed by atoms with E-state index in [-0.39, 0.29) is 5.91 Å². The molecule has 0 spiro atoms. The number of thiazole rings is 1. The average molecular weight is 614 g/mol. The van der Waals surface area contributed by atoms with E-state index in [2.05, 4.69) is 32.5 Å². The third-order valence-corrected chi connectivity index (χ3v) is 9.45. The van der Waals surface area contributed by atoms with Crippen molar-refractivity contribution in [2.75, 3.05) is 51.3 Å². The van der Waals surface area contributed by atoms with E-state index >= 15 is 0 Å². The summed E-state index contributed by atoms with van der Waals surface area (Å²) in [5.41, 5.74) is 3.04. The van der Waals surface area contributed by atoms with E-state index < -0.39 is 6.09 Å². The number of rotatable bonds is 9. The Morgan fingerprint density at radius 3 is 2.52 bits per heavy atom. The van der Waals surface area contributed by atoms with Gasteiger partial charge in [0.25, 0.3) is 5.91 Å². The largest absolute Gasteiger partial charge is 0.449 e. The van der Waals surface area contributed by atoms with Crippen molar-refractivity contribution < 1.29 is 14.3 Å². The molecule has 0 radical (unpaired) electrons. The topological polar surface area (TPSA) is 113 Å². The quantitative estimate of drug-likeness (QED) is 0.272. The fourth-order valence-electron chi connectivity index (χ4n) is 5.94. The molecule has 6 rings (SSSR count). The van der Waals surface area contributed by atoms with Gasteiger partial charge in [-0.05, 0) is 68.8 Å². The molecule has 0 atom stereocenters. The minimum Gasteiger partial charge on any atom is -0.449 e. The monoisotopic (exact) mass is 613 g/mol. The van der Waals surface area contributed by atoms with Gasteiger partial charge in [-0.3, -0.25) is 4.79 Å². The van der Waals surface area contributed by atoms with Crippen LogP contribution in [-0.2, 0) is 11.3 Å². The Morgan fingerprint density at radius 1 is 0.977 bits per heavy atom. The fourth-order valence-corrected chi connectivity index (χ4v) is 6.49. The van der Waals surface area contributed by atoms with Crippen LogP contribution >= 0.6 is 11.3 Å². The van der Waals surface area contributed by atoms with Crippen LogP contribution in [0.15, 0.2) is 60.2 Å². The number of nitrogens with zero attached hydrogens (tertiary/aromatic N) is 5. The maximum atomic E-state index is 13.5.